The molecule has 0 spiro atoms. The summed E-state index contributed by atoms with van der Waals surface area (Å²) in [7, 11) is 0. The molecule has 4 heteroatoms. The van der Waals surface area contributed by atoms with Crippen LogP contribution in [0.5, 0.6) is 0 Å². The zero-order valence-electron chi connectivity index (χ0n) is 12.4. The molecule has 1 N–H and O–H groups in total. The van der Waals surface area contributed by atoms with Gasteiger partial charge in [0.05, 0.1) is 17.8 Å². The zero-order valence-corrected chi connectivity index (χ0v) is 13.2. The molecule has 3 nitrogen and oxygen atoms in total. The minimum absolute atomic E-state index is 0.339. The predicted molar refractivity (Wildman–Crippen MR) is 80.7 cm³/mol. The molecule has 1 aromatic heterocycles. The maximum absolute atomic E-state index is 5.67. The molecule has 19 heavy (non-hydrogen) atoms. The van der Waals surface area contributed by atoms with E-state index in [0.29, 0.717) is 11.3 Å². The van der Waals surface area contributed by atoms with Gasteiger partial charge in [-0.05, 0) is 38.6 Å². The fraction of sp³-hybridized carbons (Fsp3) is 0.800. The van der Waals surface area contributed by atoms with Crippen LogP contribution in [0.2, 0.25) is 0 Å². The average Bonchev–Trinajstić information content (AvgIpc) is 2.96. The van der Waals surface area contributed by atoms with Crippen molar-refractivity contribution in [3.8, 4) is 0 Å². The van der Waals surface area contributed by atoms with E-state index in [1.54, 1.807) is 11.3 Å². The summed E-state index contributed by atoms with van der Waals surface area (Å²) in [6, 6.07) is 0. The second-order valence-corrected chi connectivity index (χ2v) is 7.13. The summed E-state index contributed by atoms with van der Waals surface area (Å²) in [5.74, 6) is 0.711. The van der Waals surface area contributed by atoms with Gasteiger partial charge in [-0.3, -0.25) is 0 Å². The summed E-state index contributed by atoms with van der Waals surface area (Å²) in [5, 5.41) is 3.62. The van der Waals surface area contributed by atoms with Crippen molar-refractivity contribution in [1.82, 2.24) is 10.3 Å². The third-order valence-corrected chi connectivity index (χ3v) is 4.96. The van der Waals surface area contributed by atoms with Crippen LogP contribution in [0.15, 0.2) is 5.51 Å². The minimum atomic E-state index is 0.339. The molecular weight excluding hydrogens is 256 g/mol. The Hall–Kier alpha value is -0.450. The van der Waals surface area contributed by atoms with Crippen LogP contribution >= 0.6 is 11.3 Å². The van der Waals surface area contributed by atoms with Crippen LogP contribution in [0, 0.1) is 18.3 Å². The SMILES string of the molecule is Cc1ncsc1CCC1(CNCC(C)C)CCOC1. The average molecular weight is 282 g/mol. The number of hydrogen-bond acceptors (Lipinski definition) is 4. The number of thiazole rings is 1. The van der Waals surface area contributed by atoms with Gasteiger partial charge in [0.2, 0.25) is 0 Å². The molecule has 0 aromatic carbocycles. The zero-order chi connectivity index (χ0) is 13.7. The van der Waals surface area contributed by atoms with Crippen molar-refractivity contribution in [1.29, 1.82) is 0 Å². The van der Waals surface area contributed by atoms with E-state index in [2.05, 4.69) is 31.1 Å². The maximum Gasteiger partial charge on any atom is 0.0797 e. The number of nitrogens with zero attached hydrogens (tertiary/aromatic N) is 1. The number of ether oxygens (including phenoxy) is 1. The molecule has 0 bridgehead atoms. The van der Waals surface area contributed by atoms with Gasteiger partial charge in [-0.2, -0.15) is 0 Å². The van der Waals surface area contributed by atoms with E-state index >= 15 is 0 Å². The monoisotopic (exact) mass is 282 g/mol. The van der Waals surface area contributed by atoms with Gasteiger partial charge >= 0.3 is 0 Å². The van der Waals surface area contributed by atoms with Crippen molar-refractivity contribution in [3.05, 3.63) is 16.1 Å². The largest absolute Gasteiger partial charge is 0.381 e. The maximum atomic E-state index is 5.67. The Labute approximate surface area is 120 Å². The summed E-state index contributed by atoms with van der Waals surface area (Å²) in [5.41, 5.74) is 3.50. The van der Waals surface area contributed by atoms with E-state index in [1.165, 1.54) is 23.4 Å². The minimum Gasteiger partial charge on any atom is -0.381 e. The van der Waals surface area contributed by atoms with Crippen LogP contribution in [-0.2, 0) is 11.2 Å². The van der Waals surface area contributed by atoms with E-state index in [1.807, 2.05) is 5.51 Å². The van der Waals surface area contributed by atoms with Crippen molar-refractivity contribution in [2.24, 2.45) is 11.3 Å². The Morgan fingerprint density at radius 2 is 2.37 bits per heavy atom. The number of hydrogen-bond donors (Lipinski definition) is 1. The van der Waals surface area contributed by atoms with Crippen molar-refractivity contribution in [2.45, 2.75) is 40.0 Å². The Morgan fingerprint density at radius 1 is 1.53 bits per heavy atom. The molecule has 0 radical (unpaired) electrons. The first-order valence-corrected chi connectivity index (χ1v) is 8.17. The molecule has 108 valence electrons. The van der Waals surface area contributed by atoms with Crippen molar-refractivity contribution in [3.63, 3.8) is 0 Å². The van der Waals surface area contributed by atoms with Gasteiger partial charge in [0.1, 0.15) is 0 Å². The highest BCUT2D eigenvalue weighted by molar-refractivity contribution is 7.09. The topological polar surface area (TPSA) is 34.2 Å². The van der Waals surface area contributed by atoms with Crippen LogP contribution in [0.3, 0.4) is 0 Å². The van der Waals surface area contributed by atoms with Gasteiger partial charge in [0.15, 0.2) is 0 Å². The van der Waals surface area contributed by atoms with Gasteiger partial charge in [-0.1, -0.05) is 13.8 Å². The first kappa shape index (κ1) is 14.9. The number of rotatable bonds is 7. The molecule has 0 aliphatic carbocycles. The molecule has 1 saturated heterocycles. The highest BCUT2D eigenvalue weighted by Crippen LogP contribution is 2.34. The molecular formula is C15H26N2OS. The summed E-state index contributed by atoms with van der Waals surface area (Å²) < 4.78 is 5.67. The van der Waals surface area contributed by atoms with Crippen molar-refractivity contribution < 1.29 is 4.74 Å². The Morgan fingerprint density at radius 3 is 2.95 bits per heavy atom. The standard InChI is InChI=1S/C15H26N2OS/c1-12(2)8-16-9-15(6-7-18-10-15)5-4-14-13(3)17-11-19-14/h11-12,16H,4-10H2,1-3H3. The molecule has 2 heterocycles. The molecule has 1 fully saturated rings. The third-order valence-electron chi connectivity index (χ3n) is 3.96. The Balaban J connectivity index is 1.86. The second-order valence-electron chi connectivity index (χ2n) is 6.19. The van der Waals surface area contributed by atoms with E-state index in [9.17, 15) is 0 Å². The lowest BCUT2D eigenvalue weighted by molar-refractivity contribution is 0.143. The van der Waals surface area contributed by atoms with Crippen LogP contribution in [0.1, 0.15) is 37.3 Å². The highest BCUT2D eigenvalue weighted by atomic mass is 32.1. The molecule has 0 amide bonds. The Bertz CT molecular complexity index is 383. The van der Waals surface area contributed by atoms with Gasteiger partial charge in [-0.25, -0.2) is 4.98 Å². The highest BCUT2D eigenvalue weighted by Gasteiger charge is 2.34. The lowest BCUT2D eigenvalue weighted by Crippen LogP contribution is -2.37. The summed E-state index contributed by atoms with van der Waals surface area (Å²) in [6.07, 6.45) is 3.54. The summed E-state index contributed by atoms with van der Waals surface area (Å²) >= 11 is 1.79. The molecule has 1 unspecified atom stereocenters. The van der Waals surface area contributed by atoms with E-state index < -0.39 is 0 Å². The normalized spacial score (nSPS) is 23.4. The lowest BCUT2D eigenvalue weighted by atomic mass is 9.82. The van der Waals surface area contributed by atoms with Crippen LogP contribution in [0.25, 0.3) is 0 Å². The van der Waals surface area contributed by atoms with Gasteiger partial charge in [0, 0.05) is 23.4 Å². The number of aryl methyl sites for hydroxylation is 2. The second kappa shape index (κ2) is 6.82. The first-order chi connectivity index (χ1) is 9.11. The molecule has 1 aromatic rings. The Kier molecular flexibility index (Phi) is 5.37. The van der Waals surface area contributed by atoms with E-state index in [-0.39, 0.29) is 0 Å². The van der Waals surface area contributed by atoms with Crippen molar-refractivity contribution >= 4 is 11.3 Å². The van der Waals surface area contributed by atoms with Crippen LogP contribution < -0.4 is 5.32 Å². The first-order valence-electron chi connectivity index (χ1n) is 7.29. The molecule has 1 atom stereocenters. The fourth-order valence-electron chi connectivity index (χ4n) is 2.65. The summed E-state index contributed by atoms with van der Waals surface area (Å²) in [6.45, 7) is 10.6. The lowest BCUT2D eigenvalue weighted by Gasteiger charge is -2.28. The smallest absolute Gasteiger partial charge is 0.0797 e. The number of aromatic nitrogens is 1. The molecule has 2 rings (SSSR count). The van der Waals surface area contributed by atoms with Gasteiger partial charge in [-0.15, -0.1) is 11.3 Å². The molecule has 0 saturated carbocycles. The fourth-order valence-corrected chi connectivity index (χ4v) is 3.43. The number of nitrogens with one attached hydrogen (secondary N) is 1. The predicted octanol–water partition coefficient (Wildman–Crippen LogP) is 3.04. The van der Waals surface area contributed by atoms with E-state index in [0.717, 1.165) is 32.7 Å². The summed E-state index contributed by atoms with van der Waals surface area (Å²) in [4.78, 5) is 5.78. The van der Waals surface area contributed by atoms with E-state index in [4.69, 9.17) is 4.74 Å². The van der Waals surface area contributed by atoms with Gasteiger partial charge < -0.3 is 10.1 Å². The molecule has 1 aliphatic heterocycles. The van der Waals surface area contributed by atoms with Gasteiger partial charge in [0.25, 0.3) is 0 Å². The quantitative estimate of drug-likeness (QED) is 0.834. The third kappa shape index (κ3) is 4.26. The van der Waals surface area contributed by atoms with Crippen molar-refractivity contribution in [2.75, 3.05) is 26.3 Å². The van der Waals surface area contributed by atoms with Crippen LogP contribution in [0.4, 0.5) is 0 Å². The van der Waals surface area contributed by atoms with Crippen LogP contribution in [-0.4, -0.2) is 31.3 Å². The molecule has 1 aliphatic rings.